The highest BCUT2D eigenvalue weighted by Gasteiger charge is 2.41. The third kappa shape index (κ3) is 7.13. The fourth-order valence-corrected chi connectivity index (χ4v) is 4.08. The highest BCUT2D eigenvalue weighted by molar-refractivity contribution is 5.80. The number of benzene rings is 1. The van der Waals surface area contributed by atoms with Crippen molar-refractivity contribution in [2.75, 3.05) is 6.61 Å². The lowest BCUT2D eigenvalue weighted by Gasteiger charge is -2.37. The predicted octanol–water partition coefficient (Wildman–Crippen LogP) is 3.52. The van der Waals surface area contributed by atoms with Crippen LogP contribution < -0.4 is 20.1 Å². The van der Waals surface area contributed by atoms with Gasteiger partial charge in [-0.2, -0.15) is 22.0 Å². The number of aliphatic hydroxyl groups is 1. The maximum Gasteiger partial charge on any atom is 0.406 e. The molecule has 33 heavy (non-hydrogen) atoms. The Bertz CT molecular complexity index is 795. The van der Waals surface area contributed by atoms with E-state index in [1.54, 1.807) is 0 Å². The molecule has 0 radical (unpaired) electrons. The topological polar surface area (TPSA) is 79.8 Å². The minimum atomic E-state index is -4.53. The van der Waals surface area contributed by atoms with Crippen LogP contribution in [0.3, 0.4) is 0 Å². The maximum atomic E-state index is 13.4. The first-order chi connectivity index (χ1) is 15.5. The van der Waals surface area contributed by atoms with Gasteiger partial charge >= 0.3 is 12.8 Å². The Balaban J connectivity index is 1.40. The molecular weight excluding hydrogens is 458 g/mol. The first kappa shape index (κ1) is 25.4. The zero-order chi connectivity index (χ0) is 24.2. The number of hydrogen-bond acceptors (Lipinski definition) is 5. The normalized spacial score (nSPS) is 26.4. The zero-order valence-electron chi connectivity index (χ0n) is 17.6. The van der Waals surface area contributed by atoms with Crippen molar-refractivity contribution in [2.45, 2.75) is 75.5 Å². The van der Waals surface area contributed by atoms with Crippen molar-refractivity contribution >= 4 is 5.91 Å². The number of ether oxygens (including phenoxy) is 2. The summed E-state index contributed by atoms with van der Waals surface area (Å²) in [6.07, 6.45) is -2.48. The number of carbonyl (C=O) groups excluding carboxylic acids is 1. The Morgan fingerprint density at radius 1 is 1.09 bits per heavy atom. The van der Waals surface area contributed by atoms with Gasteiger partial charge in [-0.15, -0.1) is 0 Å². The van der Waals surface area contributed by atoms with Crippen molar-refractivity contribution in [1.82, 2.24) is 10.6 Å². The molecule has 1 amide bonds. The molecule has 2 fully saturated rings. The lowest BCUT2D eigenvalue weighted by atomic mass is 9.81. The highest BCUT2D eigenvalue weighted by atomic mass is 19.4. The van der Waals surface area contributed by atoms with Crippen molar-refractivity contribution in [1.29, 1.82) is 0 Å². The molecule has 3 N–H and O–H groups in total. The quantitative estimate of drug-likeness (QED) is 0.468. The number of rotatable bonds is 9. The van der Waals surface area contributed by atoms with Crippen LogP contribution in [0.1, 0.15) is 38.5 Å². The van der Waals surface area contributed by atoms with E-state index in [4.69, 9.17) is 9.84 Å². The average Bonchev–Trinajstić information content (AvgIpc) is 2.70. The van der Waals surface area contributed by atoms with E-state index in [1.165, 1.54) is 0 Å². The summed E-state index contributed by atoms with van der Waals surface area (Å²) in [5.41, 5.74) is 0. The van der Waals surface area contributed by atoms with Gasteiger partial charge in [-0.25, -0.2) is 4.39 Å². The smallest absolute Gasteiger partial charge is 0.406 e. The molecule has 1 unspecified atom stereocenters. The van der Waals surface area contributed by atoms with Crippen LogP contribution in [0, 0.1) is 11.7 Å². The fraction of sp³-hybridized carbons (Fsp3) is 0.667. The lowest BCUT2D eigenvalue weighted by molar-refractivity contribution is -0.166. The van der Waals surface area contributed by atoms with Gasteiger partial charge in [0.1, 0.15) is 18.0 Å². The molecule has 0 spiro atoms. The number of aliphatic hydroxyl groups excluding tert-OH is 1. The largest absolute Gasteiger partial charge is 0.486 e. The molecule has 12 heteroatoms. The van der Waals surface area contributed by atoms with E-state index >= 15 is 0 Å². The summed E-state index contributed by atoms with van der Waals surface area (Å²) >= 11 is 0. The third-order valence-corrected chi connectivity index (χ3v) is 5.97. The van der Waals surface area contributed by atoms with Gasteiger partial charge in [0.2, 0.25) is 5.91 Å². The molecule has 186 valence electrons. The number of hydrogen-bond donors (Lipinski definition) is 3. The monoisotopic (exact) mass is 484 g/mol. The standard InChI is InChI=1S/C21H26F6N2O4/c22-12-1-6-16(33-20(23)24)17(9-12)32-15-7-11(8-15)19(31)29-14-4-2-13(3-5-14)28-18(10-30)21(25,26)27/h1,6,9,11,13-15,18,20,28,30H,2-5,7-8,10H2,(H,29,31). The zero-order valence-corrected chi connectivity index (χ0v) is 17.6. The van der Waals surface area contributed by atoms with Crippen LogP contribution in [-0.4, -0.2) is 54.6 Å². The number of alkyl halides is 5. The van der Waals surface area contributed by atoms with Crippen molar-refractivity contribution < 1.29 is 45.7 Å². The predicted molar refractivity (Wildman–Crippen MR) is 104 cm³/mol. The van der Waals surface area contributed by atoms with Gasteiger partial charge in [0, 0.05) is 24.1 Å². The summed E-state index contributed by atoms with van der Waals surface area (Å²) in [7, 11) is 0. The van der Waals surface area contributed by atoms with Gasteiger partial charge in [0.05, 0.1) is 6.61 Å². The molecule has 1 aromatic carbocycles. The molecule has 1 atom stereocenters. The van der Waals surface area contributed by atoms with Crippen molar-refractivity contribution in [3.05, 3.63) is 24.0 Å². The van der Waals surface area contributed by atoms with Gasteiger partial charge < -0.3 is 25.2 Å². The Labute approximate surface area is 186 Å². The molecule has 2 aliphatic rings. The van der Waals surface area contributed by atoms with Gasteiger partial charge in [-0.05, 0) is 50.7 Å². The van der Waals surface area contributed by atoms with Gasteiger partial charge in [-0.1, -0.05) is 0 Å². The Morgan fingerprint density at radius 3 is 2.30 bits per heavy atom. The molecule has 6 nitrogen and oxygen atoms in total. The third-order valence-electron chi connectivity index (χ3n) is 5.97. The molecule has 0 aromatic heterocycles. The highest BCUT2D eigenvalue weighted by Crippen LogP contribution is 2.37. The summed E-state index contributed by atoms with van der Waals surface area (Å²) < 4.78 is 86.6. The average molecular weight is 484 g/mol. The molecule has 3 rings (SSSR count). The van der Waals surface area contributed by atoms with E-state index in [0.29, 0.717) is 38.5 Å². The number of nitrogens with one attached hydrogen (secondary N) is 2. The van der Waals surface area contributed by atoms with Gasteiger partial charge in [-0.3, -0.25) is 4.79 Å². The van der Waals surface area contributed by atoms with E-state index in [1.807, 2.05) is 0 Å². The fourth-order valence-electron chi connectivity index (χ4n) is 4.08. The summed E-state index contributed by atoms with van der Waals surface area (Å²) in [6, 6.07) is 0.432. The molecule has 0 aliphatic heterocycles. The second-order valence-electron chi connectivity index (χ2n) is 8.38. The Kier molecular flexibility index (Phi) is 8.33. The van der Waals surface area contributed by atoms with Crippen molar-refractivity contribution in [3.63, 3.8) is 0 Å². The number of halogens is 6. The summed E-state index contributed by atoms with van der Waals surface area (Å²) in [6.45, 7) is -4.12. The molecule has 2 saturated carbocycles. The van der Waals surface area contributed by atoms with Crippen molar-refractivity contribution in [3.8, 4) is 11.5 Å². The molecule has 0 heterocycles. The van der Waals surface area contributed by atoms with Crippen LogP contribution in [0.25, 0.3) is 0 Å². The molecule has 0 saturated heterocycles. The molecular formula is C21H26F6N2O4. The minimum Gasteiger partial charge on any atom is -0.486 e. The SMILES string of the molecule is O=C(NC1CCC(NC(CO)C(F)(F)F)CC1)C1CC(Oc2cc(F)ccc2OC(F)F)C1. The van der Waals surface area contributed by atoms with Crippen LogP contribution in [0.4, 0.5) is 26.3 Å². The molecule has 2 aliphatic carbocycles. The van der Waals surface area contributed by atoms with Gasteiger partial charge in [0.15, 0.2) is 11.5 Å². The van der Waals surface area contributed by atoms with Crippen LogP contribution in [0.5, 0.6) is 11.5 Å². The minimum absolute atomic E-state index is 0.162. The first-order valence-electron chi connectivity index (χ1n) is 10.7. The van der Waals surface area contributed by atoms with E-state index in [-0.39, 0.29) is 29.4 Å². The van der Waals surface area contributed by atoms with Crippen LogP contribution in [0.15, 0.2) is 18.2 Å². The summed E-state index contributed by atoms with van der Waals surface area (Å²) in [4.78, 5) is 12.4. The van der Waals surface area contributed by atoms with Crippen LogP contribution in [0.2, 0.25) is 0 Å². The first-order valence-corrected chi connectivity index (χ1v) is 10.7. The molecule has 1 aromatic rings. The van der Waals surface area contributed by atoms with Crippen molar-refractivity contribution in [2.24, 2.45) is 5.92 Å². The maximum absolute atomic E-state index is 13.4. The molecule has 0 bridgehead atoms. The van der Waals surface area contributed by atoms with E-state index in [2.05, 4.69) is 15.4 Å². The number of amides is 1. The lowest BCUT2D eigenvalue weighted by Crippen LogP contribution is -2.52. The number of carbonyl (C=O) groups is 1. The Morgan fingerprint density at radius 2 is 1.73 bits per heavy atom. The second-order valence-corrected chi connectivity index (χ2v) is 8.38. The van der Waals surface area contributed by atoms with Crippen LogP contribution >= 0.6 is 0 Å². The van der Waals surface area contributed by atoms with E-state index in [9.17, 15) is 31.1 Å². The summed E-state index contributed by atoms with van der Waals surface area (Å²) in [5.74, 6) is -1.70. The Hall–Kier alpha value is -2.21. The van der Waals surface area contributed by atoms with Crippen LogP contribution in [-0.2, 0) is 4.79 Å². The summed E-state index contributed by atoms with van der Waals surface area (Å²) in [5, 5.41) is 14.2. The van der Waals surface area contributed by atoms with E-state index in [0.717, 1.165) is 18.2 Å². The second kappa shape index (κ2) is 10.8. The van der Waals surface area contributed by atoms with Gasteiger partial charge in [0.25, 0.3) is 0 Å². The van der Waals surface area contributed by atoms with E-state index < -0.39 is 43.4 Å².